The molecule has 0 aliphatic heterocycles. The number of ether oxygens (including phenoxy) is 1. The van der Waals surface area contributed by atoms with Gasteiger partial charge >= 0.3 is 5.97 Å². The molecule has 0 aliphatic rings. The van der Waals surface area contributed by atoms with E-state index in [1.54, 1.807) is 24.5 Å². The molecule has 0 fully saturated rings. The van der Waals surface area contributed by atoms with Crippen LogP contribution in [0, 0.1) is 0 Å². The van der Waals surface area contributed by atoms with Crippen molar-refractivity contribution in [1.82, 2.24) is 14.7 Å². The molecule has 0 aliphatic carbocycles. The Morgan fingerprint density at radius 2 is 2.33 bits per heavy atom. The Balaban J connectivity index is 1.64. The lowest BCUT2D eigenvalue weighted by molar-refractivity contribution is 0.0468. The maximum Gasteiger partial charge on any atom is 0.352 e. The minimum absolute atomic E-state index is 0.0180. The average molecular weight is 305 g/mol. The molecule has 0 spiro atoms. The smallest absolute Gasteiger partial charge is 0.352 e. The van der Waals surface area contributed by atoms with Crippen LogP contribution in [-0.4, -0.2) is 20.7 Å². The summed E-state index contributed by atoms with van der Waals surface area (Å²) in [5.41, 5.74) is 1.15. The van der Waals surface area contributed by atoms with Crippen LogP contribution in [0.15, 0.2) is 33.4 Å². The van der Waals surface area contributed by atoms with Crippen LogP contribution in [0.2, 0.25) is 0 Å². The van der Waals surface area contributed by atoms with Gasteiger partial charge in [0.15, 0.2) is 10.6 Å². The number of carbonyl (C=O) groups is 1. The summed E-state index contributed by atoms with van der Waals surface area (Å²) in [6.07, 6.45) is 2.17. The number of nitrogens with zero attached hydrogens (tertiary/aromatic N) is 3. The van der Waals surface area contributed by atoms with Gasteiger partial charge in [-0.05, 0) is 30.1 Å². The van der Waals surface area contributed by atoms with Crippen LogP contribution in [0.5, 0.6) is 0 Å². The van der Waals surface area contributed by atoms with E-state index in [-0.39, 0.29) is 6.61 Å². The van der Waals surface area contributed by atoms with Gasteiger partial charge in [-0.25, -0.2) is 4.79 Å². The van der Waals surface area contributed by atoms with Gasteiger partial charge in [-0.15, -0.1) is 5.10 Å². The van der Waals surface area contributed by atoms with Crippen LogP contribution in [0.25, 0.3) is 11.5 Å². The number of aromatic nitrogens is 3. The Morgan fingerprint density at radius 3 is 3.10 bits per heavy atom. The molecule has 8 heteroatoms. The van der Waals surface area contributed by atoms with E-state index in [1.807, 2.05) is 6.92 Å². The lowest BCUT2D eigenvalue weighted by Gasteiger charge is -2.00. The normalized spacial score (nSPS) is 10.7. The van der Waals surface area contributed by atoms with Crippen molar-refractivity contribution in [2.75, 3.05) is 0 Å². The quantitative estimate of drug-likeness (QED) is 0.669. The lowest BCUT2D eigenvalue weighted by Crippen LogP contribution is -2.06. The van der Waals surface area contributed by atoms with Gasteiger partial charge in [-0.2, -0.15) is 0 Å². The van der Waals surface area contributed by atoms with Crippen molar-refractivity contribution in [3.05, 3.63) is 40.7 Å². The predicted octanol–water partition coefficient (Wildman–Crippen LogP) is 2.71. The van der Waals surface area contributed by atoms with Crippen molar-refractivity contribution in [1.29, 1.82) is 0 Å². The van der Waals surface area contributed by atoms with Crippen LogP contribution >= 0.6 is 11.5 Å². The zero-order chi connectivity index (χ0) is 14.7. The second-order valence-electron chi connectivity index (χ2n) is 4.14. The van der Waals surface area contributed by atoms with E-state index in [0.717, 1.165) is 11.5 Å². The van der Waals surface area contributed by atoms with Gasteiger partial charge in [-0.1, -0.05) is 16.6 Å². The molecule has 0 aromatic carbocycles. The summed E-state index contributed by atoms with van der Waals surface area (Å²) in [6.45, 7) is 1.92. The predicted molar refractivity (Wildman–Crippen MR) is 72.6 cm³/mol. The highest BCUT2D eigenvalue weighted by molar-refractivity contribution is 7.07. The first-order valence-corrected chi connectivity index (χ1v) is 7.03. The lowest BCUT2D eigenvalue weighted by atomic mass is 10.3. The SMILES string of the molecule is CCc1nnsc1C(=O)OCc1cc(-c2ccco2)on1. The largest absolute Gasteiger partial charge is 0.461 e. The van der Waals surface area contributed by atoms with Crippen LogP contribution in [0.4, 0.5) is 0 Å². The fourth-order valence-electron chi connectivity index (χ4n) is 1.71. The van der Waals surface area contributed by atoms with Gasteiger partial charge < -0.3 is 13.7 Å². The first kappa shape index (κ1) is 13.5. The summed E-state index contributed by atoms with van der Waals surface area (Å²) in [6, 6.07) is 5.17. The van der Waals surface area contributed by atoms with Crippen molar-refractivity contribution >= 4 is 17.5 Å². The second kappa shape index (κ2) is 5.88. The van der Waals surface area contributed by atoms with E-state index in [9.17, 15) is 4.79 Å². The summed E-state index contributed by atoms with van der Waals surface area (Å²) < 4.78 is 19.2. The zero-order valence-electron chi connectivity index (χ0n) is 11.1. The molecule has 21 heavy (non-hydrogen) atoms. The Labute approximate surface area is 123 Å². The third kappa shape index (κ3) is 2.84. The van der Waals surface area contributed by atoms with Crippen molar-refractivity contribution in [3.8, 4) is 11.5 Å². The standard InChI is InChI=1S/C13H11N3O4S/c1-2-9-12(21-16-14-9)13(17)19-7-8-6-11(20-15-8)10-4-3-5-18-10/h3-6H,2,7H2,1H3. The molecule has 3 heterocycles. The molecule has 3 aromatic rings. The Bertz CT molecular complexity index is 732. The van der Waals surface area contributed by atoms with E-state index in [1.165, 1.54) is 0 Å². The zero-order valence-corrected chi connectivity index (χ0v) is 11.9. The number of carbonyl (C=O) groups excluding carboxylic acids is 1. The third-order valence-corrected chi connectivity index (χ3v) is 3.50. The number of furan rings is 1. The van der Waals surface area contributed by atoms with Crippen molar-refractivity contribution < 1.29 is 18.5 Å². The summed E-state index contributed by atoms with van der Waals surface area (Å²) in [7, 11) is 0. The molecule has 0 unspecified atom stereocenters. The second-order valence-corrected chi connectivity index (χ2v) is 4.89. The number of rotatable bonds is 5. The molecular weight excluding hydrogens is 294 g/mol. The molecule has 0 atom stereocenters. The fraction of sp³-hybridized carbons (Fsp3) is 0.231. The van der Waals surface area contributed by atoms with Crippen molar-refractivity contribution in [2.24, 2.45) is 0 Å². The molecule has 3 aromatic heterocycles. The molecule has 7 nitrogen and oxygen atoms in total. The minimum Gasteiger partial charge on any atom is -0.461 e. The van der Waals surface area contributed by atoms with Crippen LogP contribution < -0.4 is 0 Å². The van der Waals surface area contributed by atoms with Gasteiger partial charge in [0.05, 0.1) is 12.0 Å². The highest BCUT2D eigenvalue weighted by Gasteiger charge is 2.17. The van der Waals surface area contributed by atoms with E-state index in [4.69, 9.17) is 13.7 Å². The molecular formula is C13H11N3O4S. The van der Waals surface area contributed by atoms with Gasteiger partial charge in [0.25, 0.3) is 0 Å². The minimum atomic E-state index is -0.454. The van der Waals surface area contributed by atoms with Gasteiger partial charge in [0, 0.05) is 6.07 Å². The number of aryl methyl sites for hydroxylation is 1. The van der Waals surface area contributed by atoms with Crippen molar-refractivity contribution in [3.63, 3.8) is 0 Å². The first-order chi connectivity index (χ1) is 10.3. The summed E-state index contributed by atoms with van der Waals surface area (Å²) in [4.78, 5) is 12.3. The molecule has 0 N–H and O–H groups in total. The molecule has 0 saturated carbocycles. The van der Waals surface area contributed by atoms with E-state index in [2.05, 4.69) is 14.7 Å². The molecule has 0 bridgehead atoms. The van der Waals surface area contributed by atoms with Gasteiger partial charge in [-0.3, -0.25) is 0 Å². The average Bonchev–Trinajstić information content (AvgIpc) is 3.24. The van der Waals surface area contributed by atoms with Crippen LogP contribution in [0.1, 0.15) is 28.0 Å². The highest BCUT2D eigenvalue weighted by Crippen LogP contribution is 2.21. The Morgan fingerprint density at radius 1 is 1.43 bits per heavy atom. The first-order valence-electron chi connectivity index (χ1n) is 6.25. The maximum atomic E-state index is 11.9. The molecule has 0 amide bonds. The highest BCUT2D eigenvalue weighted by atomic mass is 32.1. The maximum absolute atomic E-state index is 11.9. The number of hydrogen-bond donors (Lipinski definition) is 0. The number of hydrogen-bond acceptors (Lipinski definition) is 8. The Kier molecular flexibility index (Phi) is 3.78. The topological polar surface area (TPSA) is 91.2 Å². The van der Waals surface area contributed by atoms with Crippen LogP contribution in [0.3, 0.4) is 0 Å². The third-order valence-electron chi connectivity index (χ3n) is 2.75. The molecule has 108 valence electrons. The van der Waals surface area contributed by atoms with Crippen molar-refractivity contribution in [2.45, 2.75) is 20.0 Å². The molecule has 3 rings (SSSR count). The van der Waals surface area contributed by atoms with Crippen LogP contribution in [-0.2, 0) is 17.8 Å². The van der Waals surface area contributed by atoms with E-state index >= 15 is 0 Å². The summed E-state index contributed by atoms with van der Waals surface area (Å²) >= 11 is 1.03. The summed E-state index contributed by atoms with van der Waals surface area (Å²) in [5.74, 6) is 0.601. The molecule has 0 radical (unpaired) electrons. The monoisotopic (exact) mass is 305 g/mol. The number of esters is 1. The van der Waals surface area contributed by atoms with Gasteiger partial charge in [0.2, 0.25) is 5.76 Å². The Hall–Kier alpha value is -2.48. The van der Waals surface area contributed by atoms with E-state index < -0.39 is 5.97 Å². The van der Waals surface area contributed by atoms with Gasteiger partial charge in [0.1, 0.15) is 12.3 Å². The molecule has 0 saturated heterocycles. The van der Waals surface area contributed by atoms with E-state index in [0.29, 0.717) is 34.2 Å². The fourth-order valence-corrected chi connectivity index (χ4v) is 2.36. The summed E-state index contributed by atoms with van der Waals surface area (Å²) in [5, 5.41) is 7.70.